The van der Waals surface area contributed by atoms with Crippen molar-refractivity contribution in [1.29, 1.82) is 10.5 Å². The fourth-order valence-electron chi connectivity index (χ4n) is 2.29. The minimum Gasteiger partial charge on any atom is -0.294 e. The number of Topliss-reactive ketones (excluding diaryl/α,β-unsaturated/α-hetero) is 1. The molecule has 0 aliphatic carbocycles. The number of hydrogen-bond acceptors (Lipinski definition) is 3. The standard InChI is InChI=1S/C18H13FN2O/c19-16-8-6-14(7-9-16)18(22)10-17(15(11-20)12-21)13-4-2-1-3-5-13/h1-9,15,17H,10H2. The summed E-state index contributed by atoms with van der Waals surface area (Å²) in [6.45, 7) is 0. The molecule has 1 atom stereocenters. The maximum Gasteiger partial charge on any atom is 0.163 e. The molecule has 0 aliphatic heterocycles. The molecule has 4 heteroatoms. The predicted octanol–water partition coefficient (Wildman–Crippen LogP) is 3.85. The second-order valence-corrected chi connectivity index (χ2v) is 4.89. The van der Waals surface area contributed by atoms with Crippen molar-refractivity contribution in [3.8, 4) is 12.1 Å². The lowest BCUT2D eigenvalue weighted by atomic mass is 9.83. The minimum absolute atomic E-state index is 0.0292. The summed E-state index contributed by atoms with van der Waals surface area (Å²) in [7, 11) is 0. The largest absolute Gasteiger partial charge is 0.294 e. The van der Waals surface area contributed by atoms with Crippen LogP contribution in [0.25, 0.3) is 0 Å². The SMILES string of the molecule is N#CC(C#N)C(CC(=O)c1ccc(F)cc1)c1ccccc1. The molecule has 0 saturated carbocycles. The normalized spacial score (nSPS) is 11.5. The van der Waals surface area contributed by atoms with Crippen molar-refractivity contribution in [1.82, 2.24) is 0 Å². The number of carbonyl (C=O) groups excluding carboxylic acids is 1. The molecule has 2 aromatic carbocycles. The molecule has 0 spiro atoms. The Morgan fingerprint density at radius 1 is 1.00 bits per heavy atom. The van der Waals surface area contributed by atoms with Crippen molar-refractivity contribution < 1.29 is 9.18 Å². The van der Waals surface area contributed by atoms with Crippen LogP contribution in [0.1, 0.15) is 28.3 Å². The zero-order valence-corrected chi connectivity index (χ0v) is 11.7. The third-order valence-electron chi connectivity index (χ3n) is 3.48. The molecule has 1 unspecified atom stereocenters. The maximum atomic E-state index is 12.9. The average Bonchev–Trinajstić information content (AvgIpc) is 2.56. The van der Waals surface area contributed by atoms with E-state index in [2.05, 4.69) is 0 Å². The fourth-order valence-corrected chi connectivity index (χ4v) is 2.29. The summed E-state index contributed by atoms with van der Waals surface area (Å²) in [5.74, 6) is -2.05. The molecule has 108 valence electrons. The van der Waals surface area contributed by atoms with E-state index in [-0.39, 0.29) is 12.2 Å². The van der Waals surface area contributed by atoms with Gasteiger partial charge < -0.3 is 0 Å². The van der Waals surface area contributed by atoms with Crippen molar-refractivity contribution in [3.05, 3.63) is 71.5 Å². The Morgan fingerprint density at radius 2 is 1.59 bits per heavy atom. The Morgan fingerprint density at radius 3 is 2.14 bits per heavy atom. The van der Waals surface area contributed by atoms with Crippen LogP contribution in [0.4, 0.5) is 4.39 Å². The molecule has 3 nitrogen and oxygen atoms in total. The van der Waals surface area contributed by atoms with Gasteiger partial charge in [0.1, 0.15) is 11.7 Å². The lowest BCUT2D eigenvalue weighted by Crippen LogP contribution is -2.15. The molecule has 2 aromatic rings. The van der Waals surface area contributed by atoms with E-state index in [1.54, 1.807) is 24.3 Å². The second-order valence-electron chi connectivity index (χ2n) is 4.89. The first-order chi connectivity index (χ1) is 10.7. The summed E-state index contributed by atoms with van der Waals surface area (Å²) >= 11 is 0. The zero-order valence-electron chi connectivity index (χ0n) is 11.7. The molecule has 2 rings (SSSR count). The number of hydrogen-bond donors (Lipinski definition) is 0. The number of nitrogens with zero attached hydrogens (tertiary/aromatic N) is 2. The van der Waals surface area contributed by atoms with Crippen molar-refractivity contribution in [2.75, 3.05) is 0 Å². The van der Waals surface area contributed by atoms with Gasteiger partial charge in [-0.3, -0.25) is 4.79 Å². The molecule has 0 saturated heterocycles. The number of halogens is 1. The van der Waals surface area contributed by atoms with Crippen LogP contribution in [-0.4, -0.2) is 5.78 Å². The second kappa shape index (κ2) is 7.15. The van der Waals surface area contributed by atoms with Crippen molar-refractivity contribution in [3.63, 3.8) is 0 Å². The molecule has 22 heavy (non-hydrogen) atoms. The smallest absolute Gasteiger partial charge is 0.163 e. The number of ketones is 1. The molecule has 0 heterocycles. The zero-order chi connectivity index (χ0) is 15.9. The van der Waals surface area contributed by atoms with Crippen LogP contribution in [-0.2, 0) is 0 Å². The van der Waals surface area contributed by atoms with Gasteiger partial charge in [-0.25, -0.2) is 4.39 Å². The molecule has 0 amide bonds. The number of carbonyl (C=O) groups is 1. The number of nitriles is 2. The van der Waals surface area contributed by atoms with Gasteiger partial charge in [0, 0.05) is 17.9 Å². The summed E-state index contributed by atoms with van der Waals surface area (Å²) < 4.78 is 12.9. The first-order valence-corrected chi connectivity index (χ1v) is 6.78. The quantitative estimate of drug-likeness (QED) is 0.786. The highest BCUT2D eigenvalue weighted by molar-refractivity contribution is 5.96. The monoisotopic (exact) mass is 292 g/mol. The molecule has 0 N–H and O–H groups in total. The van der Waals surface area contributed by atoms with Gasteiger partial charge in [-0.15, -0.1) is 0 Å². The summed E-state index contributed by atoms with van der Waals surface area (Å²) in [4.78, 5) is 12.3. The highest BCUT2D eigenvalue weighted by atomic mass is 19.1. The van der Waals surface area contributed by atoms with E-state index in [0.29, 0.717) is 5.56 Å². The Balaban J connectivity index is 2.27. The van der Waals surface area contributed by atoms with Crippen molar-refractivity contribution in [2.45, 2.75) is 12.3 Å². The Bertz CT molecular complexity index is 712. The van der Waals surface area contributed by atoms with Crippen LogP contribution in [0.5, 0.6) is 0 Å². The first-order valence-electron chi connectivity index (χ1n) is 6.78. The molecule has 0 radical (unpaired) electrons. The Hall–Kier alpha value is -2.98. The predicted molar refractivity (Wildman–Crippen MR) is 79.2 cm³/mol. The Labute approximate surface area is 128 Å². The van der Waals surface area contributed by atoms with Crippen LogP contribution < -0.4 is 0 Å². The molecule has 0 fully saturated rings. The van der Waals surface area contributed by atoms with Gasteiger partial charge >= 0.3 is 0 Å². The summed E-state index contributed by atoms with van der Waals surface area (Å²) in [6, 6.07) is 18.2. The number of rotatable bonds is 5. The third kappa shape index (κ3) is 3.56. The Kier molecular flexibility index (Phi) is 5.01. The van der Waals surface area contributed by atoms with E-state index >= 15 is 0 Å². The maximum absolute atomic E-state index is 12.9. The van der Waals surface area contributed by atoms with Crippen LogP contribution in [0, 0.1) is 34.4 Å². The third-order valence-corrected chi connectivity index (χ3v) is 3.48. The summed E-state index contributed by atoms with van der Waals surface area (Å²) in [6.07, 6.45) is 0.0292. The van der Waals surface area contributed by atoms with Crippen LogP contribution in [0.15, 0.2) is 54.6 Å². The van der Waals surface area contributed by atoms with E-state index < -0.39 is 17.7 Å². The van der Waals surface area contributed by atoms with Gasteiger partial charge in [-0.05, 0) is 29.8 Å². The summed E-state index contributed by atoms with van der Waals surface area (Å²) in [5, 5.41) is 18.3. The highest BCUT2D eigenvalue weighted by Crippen LogP contribution is 2.29. The molecular formula is C18H13FN2O. The van der Waals surface area contributed by atoms with Crippen molar-refractivity contribution in [2.24, 2.45) is 5.92 Å². The number of benzene rings is 2. The van der Waals surface area contributed by atoms with Gasteiger partial charge in [-0.2, -0.15) is 10.5 Å². The van der Waals surface area contributed by atoms with Crippen LogP contribution in [0.3, 0.4) is 0 Å². The van der Waals surface area contributed by atoms with Crippen molar-refractivity contribution >= 4 is 5.78 Å². The van der Waals surface area contributed by atoms with Crippen LogP contribution in [0.2, 0.25) is 0 Å². The van der Waals surface area contributed by atoms with E-state index in [1.807, 2.05) is 18.2 Å². The van der Waals surface area contributed by atoms with Gasteiger partial charge in [0.05, 0.1) is 12.1 Å². The summed E-state index contributed by atoms with van der Waals surface area (Å²) in [5.41, 5.74) is 1.14. The first kappa shape index (κ1) is 15.4. The van der Waals surface area contributed by atoms with E-state index in [1.165, 1.54) is 24.3 Å². The van der Waals surface area contributed by atoms with Gasteiger partial charge in [0.25, 0.3) is 0 Å². The molecule has 0 aliphatic rings. The van der Waals surface area contributed by atoms with Gasteiger partial charge in [-0.1, -0.05) is 30.3 Å². The fraction of sp³-hybridized carbons (Fsp3) is 0.167. The van der Waals surface area contributed by atoms with E-state index in [9.17, 15) is 9.18 Å². The van der Waals surface area contributed by atoms with Crippen LogP contribution >= 0.6 is 0 Å². The highest BCUT2D eigenvalue weighted by Gasteiger charge is 2.26. The molecule has 0 bridgehead atoms. The lowest BCUT2D eigenvalue weighted by molar-refractivity contribution is 0.0971. The van der Waals surface area contributed by atoms with Gasteiger partial charge in [0.15, 0.2) is 5.78 Å². The minimum atomic E-state index is -0.910. The molecule has 0 aromatic heterocycles. The van der Waals surface area contributed by atoms with Gasteiger partial charge in [0.2, 0.25) is 0 Å². The lowest BCUT2D eigenvalue weighted by Gasteiger charge is -2.17. The topological polar surface area (TPSA) is 64.7 Å². The van der Waals surface area contributed by atoms with E-state index in [0.717, 1.165) is 5.56 Å². The molecular weight excluding hydrogens is 279 g/mol. The van der Waals surface area contributed by atoms with E-state index in [4.69, 9.17) is 10.5 Å². The average molecular weight is 292 g/mol.